The van der Waals surface area contributed by atoms with Gasteiger partial charge in [-0.15, -0.1) is 0 Å². The number of aryl methyl sites for hydroxylation is 2. The highest BCUT2D eigenvalue weighted by molar-refractivity contribution is 7.91. The Balaban J connectivity index is 1.73. The molecular weight excluding hydrogens is 367 g/mol. The molecule has 0 spiro atoms. The zero-order chi connectivity index (χ0) is 19.3. The van der Waals surface area contributed by atoms with Crippen LogP contribution < -0.4 is 4.90 Å². The van der Waals surface area contributed by atoms with E-state index in [0.717, 1.165) is 11.1 Å². The van der Waals surface area contributed by atoms with Gasteiger partial charge in [0.15, 0.2) is 9.84 Å². The van der Waals surface area contributed by atoms with Crippen molar-refractivity contribution in [1.82, 2.24) is 4.90 Å². The van der Waals surface area contributed by atoms with Gasteiger partial charge in [0, 0.05) is 12.2 Å². The summed E-state index contributed by atoms with van der Waals surface area (Å²) < 4.78 is 38.1. The number of carbonyl (C=O) groups is 1. The lowest BCUT2D eigenvalue weighted by Crippen LogP contribution is -2.37. The van der Waals surface area contributed by atoms with Gasteiger partial charge in [-0.3, -0.25) is 4.90 Å². The predicted octanol–water partition coefficient (Wildman–Crippen LogP) is 3.05. The normalized spacial score (nSPS) is 23.7. The fraction of sp³-hybridized carbons (Fsp3) is 0.350. The molecule has 2 aromatic rings. The molecule has 2 amide bonds. The van der Waals surface area contributed by atoms with Gasteiger partial charge in [-0.25, -0.2) is 17.6 Å². The Morgan fingerprint density at radius 1 is 1.04 bits per heavy atom. The van der Waals surface area contributed by atoms with Gasteiger partial charge in [0.1, 0.15) is 5.82 Å². The van der Waals surface area contributed by atoms with E-state index in [1.54, 1.807) is 21.9 Å². The molecule has 2 saturated heterocycles. The zero-order valence-corrected chi connectivity index (χ0v) is 16.0. The average molecular weight is 388 g/mol. The summed E-state index contributed by atoms with van der Waals surface area (Å²) in [5, 5.41) is 0. The minimum Gasteiger partial charge on any atom is -0.314 e. The molecule has 0 N–H and O–H groups in total. The molecule has 2 aliphatic rings. The van der Waals surface area contributed by atoms with E-state index < -0.39 is 21.9 Å². The summed E-state index contributed by atoms with van der Waals surface area (Å²) in [7, 11) is -3.23. The number of hydrogen-bond acceptors (Lipinski definition) is 3. The van der Waals surface area contributed by atoms with E-state index in [4.69, 9.17) is 0 Å². The molecule has 27 heavy (non-hydrogen) atoms. The number of benzene rings is 2. The first-order valence-electron chi connectivity index (χ1n) is 8.86. The van der Waals surface area contributed by atoms with E-state index in [9.17, 15) is 17.6 Å². The fourth-order valence-corrected chi connectivity index (χ4v) is 6.14. The van der Waals surface area contributed by atoms with Crippen LogP contribution in [-0.4, -0.2) is 42.9 Å². The number of fused-ring (bicyclic) bond motifs is 1. The van der Waals surface area contributed by atoms with Gasteiger partial charge >= 0.3 is 6.03 Å². The number of amides is 2. The van der Waals surface area contributed by atoms with E-state index in [1.807, 2.05) is 32.0 Å². The number of hydrogen-bond donors (Lipinski definition) is 0. The van der Waals surface area contributed by atoms with Gasteiger partial charge in [0.2, 0.25) is 0 Å². The van der Waals surface area contributed by atoms with Crippen LogP contribution in [-0.2, 0) is 16.4 Å². The first-order chi connectivity index (χ1) is 12.7. The van der Waals surface area contributed by atoms with Gasteiger partial charge in [-0.2, -0.15) is 0 Å². The van der Waals surface area contributed by atoms with Crippen molar-refractivity contribution in [2.24, 2.45) is 0 Å². The van der Waals surface area contributed by atoms with E-state index in [1.165, 1.54) is 12.1 Å². The highest BCUT2D eigenvalue weighted by atomic mass is 32.2. The van der Waals surface area contributed by atoms with Crippen molar-refractivity contribution in [3.05, 3.63) is 65.0 Å². The van der Waals surface area contributed by atoms with Crippen molar-refractivity contribution in [3.63, 3.8) is 0 Å². The first-order valence-corrected chi connectivity index (χ1v) is 10.7. The zero-order valence-electron chi connectivity index (χ0n) is 15.2. The number of sulfone groups is 1. The Morgan fingerprint density at radius 2 is 1.70 bits per heavy atom. The van der Waals surface area contributed by atoms with Crippen LogP contribution in [0, 0.1) is 19.7 Å². The maximum absolute atomic E-state index is 13.6. The van der Waals surface area contributed by atoms with Crippen LogP contribution in [0.3, 0.4) is 0 Å². The summed E-state index contributed by atoms with van der Waals surface area (Å²) in [6, 6.07) is 10.8. The molecule has 4 rings (SSSR count). The third-order valence-corrected chi connectivity index (χ3v) is 6.90. The second kappa shape index (κ2) is 6.34. The Kier molecular flexibility index (Phi) is 4.22. The van der Waals surface area contributed by atoms with Crippen molar-refractivity contribution >= 4 is 21.6 Å². The summed E-state index contributed by atoms with van der Waals surface area (Å²) in [6.07, 6.45) is 0. The van der Waals surface area contributed by atoms with Crippen LogP contribution in [0.5, 0.6) is 0 Å². The largest absolute Gasteiger partial charge is 0.325 e. The van der Waals surface area contributed by atoms with E-state index in [2.05, 4.69) is 0 Å². The Hall–Kier alpha value is -2.41. The van der Waals surface area contributed by atoms with Gasteiger partial charge in [-0.1, -0.05) is 18.2 Å². The fourth-order valence-electron chi connectivity index (χ4n) is 4.19. The van der Waals surface area contributed by atoms with Crippen LogP contribution in [0.25, 0.3) is 0 Å². The number of anilines is 1. The summed E-state index contributed by atoms with van der Waals surface area (Å²) in [5.41, 5.74) is 3.39. The average Bonchev–Trinajstić information content (AvgIpc) is 2.98. The third kappa shape index (κ3) is 3.32. The molecule has 0 radical (unpaired) electrons. The topological polar surface area (TPSA) is 57.7 Å². The lowest BCUT2D eigenvalue weighted by atomic mass is 10.1. The third-order valence-electron chi connectivity index (χ3n) is 5.20. The van der Waals surface area contributed by atoms with Crippen molar-refractivity contribution in [1.29, 1.82) is 0 Å². The van der Waals surface area contributed by atoms with Gasteiger partial charge in [0.25, 0.3) is 0 Å². The van der Waals surface area contributed by atoms with Crippen molar-refractivity contribution < 1.29 is 17.6 Å². The molecule has 142 valence electrons. The summed E-state index contributed by atoms with van der Waals surface area (Å²) >= 11 is 0. The monoisotopic (exact) mass is 388 g/mol. The number of urea groups is 1. The predicted molar refractivity (Wildman–Crippen MR) is 102 cm³/mol. The number of carbonyl (C=O) groups excluding carboxylic acids is 1. The molecule has 5 nitrogen and oxygen atoms in total. The Labute approximate surface area is 158 Å². The summed E-state index contributed by atoms with van der Waals surface area (Å²) in [6.45, 7) is 4.09. The molecule has 2 aromatic carbocycles. The van der Waals surface area contributed by atoms with Crippen LogP contribution >= 0.6 is 0 Å². The molecular formula is C20H21FN2O3S. The lowest BCUT2D eigenvalue weighted by Gasteiger charge is -2.23. The summed E-state index contributed by atoms with van der Waals surface area (Å²) in [4.78, 5) is 16.4. The Bertz CT molecular complexity index is 1000. The minimum atomic E-state index is -3.23. The molecule has 2 atom stereocenters. The van der Waals surface area contributed by atoms with E-state index in [-0.39, 0.29) is 29.9 Å². The standard InChI is InChI=1S/C20H21FN2O3S/c1-13-6-14(2)8-17(7-13)23-19-12-27(25,26)11-18(19)22(20(23)24)10-15-4-3-5-16(21)9-15/h3-9,18-19H,10-12H2,1-2H3. The molecule has 2 heterocycles. The SMILES string of the molecule is Cc1cc(C)cc(N2C(=O)N(Cc3cccc(F)c3)C3CS(=O)(=O)CC32)c1. The number of halogens is 1. The van der Waals surface area contributed by atoms with Gasteiger partial charge in [0.05, 0.1) is 23.6 Å². The smallest absolute Gasteiger partial charge is 0.314 e. The van der Waals surface area contributed by atoms with Gasteiger partial charge < -0.3 is 4.90 Å². The minimum absolute atomic E-state index is 0.0456. The molecule has 0 aromatic heterocycles. The van der Waals surface area contributed by atoms with Crippen LogP contribution in [0.15, 0.2) is 42.5 Å². The highest BCUT2D eigenvalue weighted by Gasteiger charge is 2.53. The van der Waals surface area contributed by atoms with E-state index in [0.29, 0.717) is 11.3 Å². The van der Waals surface area contributed by atoms with Crippen LogP contribution in [0.4, 0.5) is 14.9 Å². The molecule has 0 aliphatic carbocycles. The quantitative estimate of drug-likeness (QED) is 0.760. The maximum atomic E-state index is 13.6. The Morgan fingerprint density at radius 3 is 2.37 bits per heavy atom. The highest BCUT2D eigenvalue weighted by Crippen LogP contribution is 2.36. The number of rotatable bonds is 3. The molecule has 0 bridgehead atoms. The molecule has 7 heteroatoms. The van der Waals surface area contributed by atoms with Crippen LogP contribution in [0.1, 0.15) is 16.7 Å². The first kappa shape index (κ1) is 18.0. The summed E-state index contributed by atoms with van der Waals surface area (Å²) in [5.74, 6) is -0.475. The van der Waals surface area contributed by atoms with Gasteiger partial charge in [-0.05, 0) is 54.8 Å². The van der Waals surface area contributed by atoms with Crippen molar-refractivity contribution in [2.75, 3.05) is 16.4 Å². The molecule has 2 unspecified atom stereocenters. The molecule has 0 saturated carbocycles. The molecule has 2 aliphatic heterocycles. The second-order valence-electron chi connectivity index (χ2n) is 7.47. The molecule has 2 fully saturated rings. The lowest BCUT2D eigenvalue weighted by molar-refractivity contribution is 0.206. The van der Waals surface area contributed by atoms with Crippen LogP contribution in [0.2, 0.25) is 0 Å². The van der Waals surface area contributed by atoms with Crippen molar-refractivity contribution in [2.45, 2.75) is 32.5 Å². The van der Waals surface area contributed by atoms with Crippen molar-refractivity contribution in [3.8, 4) is 0 Å². The number of nitrogens with zero attached hydrogens (tertiary/aromatic N) is 2. The van der Waals surface area contributed by atoms with E-state index >= 15 is 0 Å². The second-order valence-corrected chi connectivity index (χ2v) is 9.62. The maximum Gasteiger partial charge on any atom is 0.325 e.